The lowest BCUT2D eigenvalue weighted by molar-refractivity contribution is -0.143. The van der Waals surface area contributed by atoms with E-state index in [1.807, 2.05) is 24.3 Å². The van der Waals surface area contributed by atoms with Crippen LogP contribution in [0.3, 0.4) is 0 Å². The molecule has 2 aliphatic rings. The van der Waals surface area contributed by atoms with E-state index in [1.54, 1.807) is 0 Å². The highest BCUT2D eigenvalue weighted by molar-refractivity contribution is 5.71. The van der Waals surface area contributed by atoms with Crippen molar-refractivity contribution in [1.82, 2.24) is 5.32 Å². The van der Waals surface area contributed by atoms with Crippen molar-refractivity contribution in [1.29, 1.82) is 0 Å². The van der Waals surface area contributed by atoms with Gasteiger partial charge in [0.2, 0.25) is 0 Å². The molecule has 1 aromatic rings. The minimum atomic E-state index is -0.771. The largest absolute Gasteiger partial charge is 0.486 e. The lowest BCUT2D eigenvalue weighted by Gasteiger charge is -2.31. The Morgan fingerprint density at radius 3 is 2.83 bits per heavy atom. The summed E-state index contributed by atoms with van der Waals surface area (Å²) in [5.74, 6) is 0.212. The first-order valence-corrected chi connectivity index (χ1v) is 6.07. The number of aliphatic carboxylic acids is 1. The standard InChI is InChI=1S/C13H15NO4/c15-13(16)9-6-14-5-8(9)12-7-17-10-3-1-2-4-11(10)18-12/h1-4,8-9,12,14H,5-7H2,(H,15,16). The molecule has 0 bridgehead atoms. The Morgan fingerprint density at radius 1 is 1.28 bits per heavy atom. The van der Waals surface area contributed by atoms with E-state index in [0.29, 0.717) is 25.4 Å². The minimum Gasteiger partial charge on any atom is -0.486 e. The third-order valence-electron chi connectivity index (χ3n) is 3.59. The summed E-state index contributed by atoms with van der Waals surface area (Å²) in [6.45, 7) is 1.57. The van der Waals surface area contributed by atoms with Gasteiger partial charge in [-0.3, -0.25) is 4.79 Å². The van der Waals surface area contributed by atoms with Gasteiger partial charge in [-0.1, -0.05) is 12.1 Å². The summed E-state index contributed by atoms with van der Waals surface area (Å²) in [4.78, 5) is 11.2. The maximum atomic E-state index is 11.2. The molecule has 0 aliphatic carbocycles. The number of hydrogen-bond donors (Lipinski definition) is 2. The zero-order valence-corrected chi connectivity index (χ0v) is 9.83. The molecule has 1 saturated heterocycles. The molecule has 0 saturated carbocycles. The summed E-state index contributed by atoms with van der Waals surface area (Å²) < 4.78 is 11.5. The molecule has 1 aromatic carbocycles. The van der Waals surface area contributed by atoms with Gasteiger partial charge in [0.15, 0.2) is 11.5 Å². The van der Waals surface area contributed by atoms with Crippen LogP contribution in [0.1, 0.15) is 0 Å². The third kappa shape index (κ3) is 1.90. The Labute approximate surface area is 105 Å². The number of para-hydroxylation sites is 2. The fourth-order valence-corrected chi connectivity index (χ4v) is 2.61. The summed E-state index contributed by atoms with van der Waals surface area (Å²) in [5, 5.41) is 12.3. The summed E-state index contributed by atoms with van der Waals surface area (Å²) >= 11 is 0. The van der Waals surface area contributed by atoms with Crippen LogP contribution in [0.2, 0.25) is 0 Å². The van der Waals surface area contributed by atoms with Crippen LogP contribution in [0.5, 0.6) is 11.5 Å². The highest BCUT2D eigenvalue weighted by atomic mass is 16.6. The van der Waals surface area contributed by atoms with Gasteiger partial charge in [0.05, 0.1) is 5.92 Å². The Kier molecular flexibility index (Phi) is 2.83. The maximum Gasteiger partial charge on any atom is 0.308 e. The fraction of sp³-hybridized carbons (Fsp3) is 0.462. The molecule has 3 rings (SSSR count). The average molecular weight is 249 g/mol. The van der Waals surface area contributed by atoms with Gasteiger partial charge >= 0.3 is 5.97 Å². The Hall–Kier alpha value is -1.75. The molecule has 5 heteroatoms. The normalized spacial score (nSPS) is 30.1. The molecular weight excluding hydrogens is 234 g/mol. The van der Waals surface area contributed by atoms with Gasteiger partial charge in [-0.25, -0.2) is 0 Å². The molecule has 0 amide bonds. The number of carboxylic acid groups (broad SMARTS) is 1. The fourth-order valence-electron chi connectivity index (χ4n) is 2.61. The van der Waals surface area contributed by atoms with Crippen LogP contribution >= 0.6 is 0 Å². The van der Waals surface area contributed by atoms with Crippen molar-refractivity contribution in [3.8, 4) is 11.5 Å². The Balaban J connectivity index is 1.77. The topological polar surface area (TPSA) is 67.8 Å². The molecule has 96 valence electrons. The molecule has 2 heterocycles. The van der Waals surface area contributed by atoms with Crippen molar-refractivity contribution in [2.45, 2.75) is 6.10 Å². The van der Waals surface area contributed by atoms with E-state index in [-0.39, 0.29) is 12.0 Å². The summed E-state index contributed by atoms with van der Waals surface area (Å²) in [7, 11) is 0. The predicted molar refractivity (Wildman–Crippen MR) is 63.8 cm³/mol. The highest BCUT2D eigenvalue weighted by Crippen LogP contribution is 2.35. The minimum absolute atomic E-state index is 0.0455. The van der Waals surface area contributed by atoms with Crippen molar-refractivity contribution in [3.63, 3.8) is 0 Å². The van der Waals surface area contributed by atoms with Crippen LogP contribution in [0.15, 0.2) is 24.3 Å². The monoisotopic (exact) mass is 249 g/mol. The van der Waals surface area contributed by atoms with Crippen molar-refractivity contribution < 1.29 is 19.4 Å². The van der Waals surface area contributed by atoms with Gasteiger partial charge < -0.3 is 19.9 Å². The molecule has 3 unspecified atom stereocenters. The number of hydrogen-bond acceptors (Lipinski definition) is 4. The second-order valence-corrected chi connectivity index (χ2v) is 4.68. The van der Waals surface area contributed by atoms with Gasteiger partial charge in [0.1, 0.15) is 12.7 Å². The van der Waals surface area contributed by atoms with Gasteiger partial charge in [-0.2, -0.15) is 0 Å². The van der Waals surface area contributed by atoms with E-state index in [9.17, 15) is 9.90 Å². The molecule has 3 atom stereocenters. The van der Waals surface area contributed by atoms with Crippen LogP contribution in [0.4, 0.5) is 0 Å². The predicted octanol–water partition coefficient (Wildman–Crippen LogP) is 0.747. The molecule has 0 spiro atoms. The lowest BCUT2D eigenvalue weighted by Crippen LogP contribution is -2.41. The molecule has 2 N–H and O–H groups in total. The quantitative estimate of drug-likeness (QED) is 0.809. The van der Waals surface area contributed by atoms with Crippen LogP contribution < -0.4 is 14.8 Å². The lowest BCUT2D eigenvalue weighted by atomic mass is 9.90. The average Bonchev–Trinajstić information content (AvgIpc) is 2.87. The van der Waals surface area contributed by atoms with E-state index in [4.69, 9.17) is 9.47 Å². The number of rotatable bonds is 2. The SMILES string of the molecule is O=C(O)C1CNCC1C1COc2ccccc2O1. The van der Waals surface area contributed by atoms with Gasteiger partial charge in [-0.05, 0) is 12.1 Å². The smallest absolute Gasteiger partial charge is 0.308 e. The first-order valence-electron chi connectivity index (χ1n) is 6.07. The number of carbonyl (C=O) groups is 1. The van der Waals surface area contributed by atoms with Gasteiger partial charge in [0.25, 0.3) is 0 Å². The van der Waals surface area contributed by atoms with Crippen LogP contribution in [0, 0.1) is 11.8 Å². The van der Waals surface area contributed by atoms with E-state index in [2.05, 4.69) is 5.32 Å². The zero-order chi connectivity index (χ0) is 12.5. The van der Waals surface area contributed by atoms with Crippen LogP contribution in [0.25, 0.3) is 0 Å². The number of fused-ring (bicyclic) bond motifs is 1. The summed E-state index contributed by atoms with van der Waals surface area (Å²) in [6, 6.07) is 7.47. The molecular formula is C13H15NO4. The molecule has 0 aromatic heterocycles. The van der Waals surface area contributed by atoms with Crippen LogP contribution in [-0.2, 0) is 4.79 Å². The Morgan fingerprint density at radius 2 is 2.06 bits per heavy atom. The summed E-state index contributed by atoms with van der Waals surface area (Å²) in [6.07, 6.45) is -0.198. The Bertz CT molecular complexity index is 462. The molecule has 1 fully saturated rings. The van der Waals surface area contributed by atoms with Crippen molar-refractivity contribution >= 4 is 5.97 Å². The first kappa shape index (κ1) is 11.3. The third-order valence-corrected chi connectivity index (χ3v) is 3.59. The van der Waals surface area contributed by atoms with Gasteiger partial charge in [0, 0.05) is 19.0 Å². The van der Waals surface area contributed by atoms with Gasteiger partial charge in [-0.15, -0.1) is 0 Å². The van der Waals surface area contributed by atoms with Crippen molar-refractivity contribution in [2.75, 3.05) is 19.7 Å². The number of benzene rings is 1. The van der Waals surface area contributed by atoms with Crippen molar-refractivity contribution in [3.05, 3.63) is 24.3 Å². The molecule has 18 heavy (non-hydrogen) atoms. The van der Waals surface area contributed by atoms with Crippen LogP contribution in [-0.4, -0.2) is 36.9 Å². The number of ether oxygens (including phenoxy) is 2. The number of nitrogens with one attached hydrogen (secondary N) is 1. The summed E-state index contributed by atoms with van der Waals surface area (Å²) in [5.41, 5.74) is 0. The first-order chi connectivity index (χ1) is 8.75. The second kappa shape index (κ2) is 4.49. The van der Waals surface area contributed by atoms with E-state index in [0.717, 1.165) is 5.75 Å². The second-order valence-electron chi connectivity index (χ2n) is 4.68. The zero-order valence-electron chi connectivity index (χ0n) is 9.83. The molecule has 0 radical (unpaired) electrons. The molecule has 5 nitrogen and oxygen atoms in total. The van der Waals surface area contributed by atoms with E-state index >= 15 is 0 Å². The highest BCUT2D eigenvalue weighted by Gasteiger charge is 2.41. The molecule has 2 aliphatic heterocycles. The van der Waals surface area contributed by atoms with E-state index in [1.165, 1.54) is 0 Å². The van der Waals surface area contributed by atoms with Crippen molar-refractivity contribution in [2.24, 2.45) is 11.8 Å². The van der Waals surface area contributed by atoms with E-state index < -0.39 is 11.9 Å². The number of carboxylic acids is 1. The maximum absolute atomic E-state index is 11.2.